The molecule has 1 aliphatic rings. The lowest BCUT2D eigenvalue weighted by molar-refractivity contribution is -0.0182. The first-order valence-corrected chi connectivity index (χ1v) is 6.72. The Balaban J connectivity index is 1.77. The Morgan fingerprint density at radius 2 is 2.22 bits per heavy atom. The lowest BCUT2D eigenvalue weighted by atomic mass is 10.1. The maximum absolute atomic E-state index is 5.73. The molecule has 1 aromatic carbocycles. The smallest absolute Gasteiger partial charge is 0.0826 e. The van der Waals surface area contributed by atoms with Crippen molar-refractivity contribution in [2.75, 3.05) is 33.3 Å². The molecule has 100 valence electrons. The zero-order valence-corrected chi connectivity index (χ0v) is 11.7. The molecule has 1 N–H and O–H groups in total. The third-order valence-corrected chi connectivity index (χ3v) is 3.53. The maximum atomic E-state index is 5.73. The van der Waals surface area contributed by atoms with Crippen molar-refractivity contribution in [3.05, 3.63) is 34.9 Å². The molecular weight excluding hydrogens is 224 g/mol. The van der Waals surface area contributed by atoms with Crippen LogP contribution in [0.5, 0.6) is 0 Å². The fraction of sp³-hybridized carbons (Fsp3) is 0.600. The number of hydrogen-bond donors (Lipinski definition) is 1. The van der Waals surface area contributed by atoms with Gasteiger partial charge in [-0.1, -0.05) is 23.8 Å². The average molecular weight is 248 g/mol. The van der Waals surface area contributed by atoms with E-state index < -0.39 is 0 Å². The lowest BCUT2D eigenvalue weighted by Gasteiger charge is -2.30. The summed E-state index contributed by atoms with van der Waals surface area (Å²) < 4.78 is 5.73. The molecule has 0 unspecified atom stereocenters. The van der Waals surface area contributed by atoms with Crippen LogP contribution in [0.25, 0.3) is 0 Å². The molecule has 18 heavy (non-hydrogen) atoms. The summed E-state index contributed by atoms with van der Waals surface area (Å²) >= 11 is 0. The second-order valence-corrected chi connectivity index (χ2v) is 5.32. The van der Waals surface area contributed by atoms with Crippen molar-refractivity contribution in [1.29, 1.82) is 0 Å². The van der Waals surface area contributed by atoms with Crippen LogP contribution in [-0.4, -0.2) is 44.3 Å². The van der Waals surface area contributed by atoms with E-state index in [9.17, 15) is 0 Å². The number of rotatable bonds is 4. The lowest BCUT2D eigenvalue weighted by Crippen LogP contribution is -2.44. The highest BCUT2D eigenvalue weighted by molar-refractivity contribution is 5.30. The summed E-state index contributed by atoms with van der Waals surface area (Å²) in [5.41, 5.74) is 4.07. The minimum atomic E-state index is 0.328. The van der Waals surface area contributed by atoms with Gasteiger partial charge in [0, 0.05) is 26.2 Å². The number of morpholine rings is 1. The molecule has 3 heteroatoms. The van der Waals surface area contributed by atoms with Gasteiger partial charge >= 0.3 is 0 Å². The molecule has 0 saturated carbocycles. The Labute approximate surface area is 110 Å². The third kappa shape index (κ3) is 3.80. The van der Waals surface area contributed by atoms with Crippen molar-refractivity contribution in [1.82, 2.24) is 10.2 Å². The van der Waals surface area contributed by atoms with Crippen LogP contribution in [-0.2, 0) is 11.3 Å². The van der Waals surface area contributed by atoms with E-state index in [4.69, 9.17) is 4.74 Å². The molecule has 0 aliphatic carbocycles. The van der Waals surface area contributed by atoms with E-state index in [1.807, 2.05) is 0 Å². The minimum absolute atomic E-state index is 0.328. The second-order valence-electron chi connectivity index (χ2n) is 5.32. The zero-order valence-electron chi connectivity index (χ0n) is 11.7. The fourth-order valence-corrected chi connectivity index (χ4v) is 2.40. The van der Waals surface area contributed by atoms with Crippen LogP contribution in [0.4, 0.5) is 0 Å². The van der Waals surface area contributed by atoms with Gasteiger partial charge in [0.05, 0.1) is 12.7 Å². The van der Waals surface area contributed by atoms with E-state index in [-0.39, 0.29) is 0 Å². The number of likely N-dealkylation sites (N-methyl/N-ethyl adjacent to an activating group) is 1. The van der Waals surface area contributed by atoms with Gasteiger partial charge < -0.3 is 15.0 Å². The minimum Gasteiger partial charge on any atom is -0.374 e. The molecule has 0 amide bonds. The Morgan fingerprint density at radius 1 is 1.39 bits per heavy atom. The summed E-state index contributed by atoms with van der Waals surface area (Å²) in [6, 6.07) is 6.63. The third-order valence-electron chi connectivity index (χ3n) is 3.53. The molecular formula is C15H24N2O. The molecule has 0 aromatic heterocycles. The second kappa shape index (κ2) is 6.32. The normalized spacial score (nSPS) is 21.2. The van der Waals surface area contributed by atoms with Crippen LogP contribution >= 0.6 is 0 Å². The monoisotopic (exact) mass is 248 g/mol. The van der Waals surface area contributed by atoms with E-state index in [0.29, 0.717) is 6.10 Å². The maximum Gasteiger partial charge on any atom is 0.0826 e. The van der Waals surface area contributed by atoms with Crippen molar-refractivity contribution < 1.29 is 4.74 Å². The van der Waals surface area contributed by atoms with Gasteiger partial charge in [-0.2, -0.15) is 0 Å². The van der Waals surface area contributed by atoms with Crippen LogP contribution in [0.1, 0.15) is 16.7 Å². The molecule has 1 aliphatic heterocycles. The first-order valence-electron chi connectivity index (χ1n) is 6.72. The van der Waals surface area contributed by atoms with E-state index in [0.717, 1.165) is 32.8 Å². The van der Waals surface area contributed by atoms with Crippen LogP contribution < -0.4 is 5.32 Å². The summed E-state index contributed by atoms with van der Waals surface area (Å²) in [6.07, 6.45) is 0.328. The Bertz CT molecular complexity index is 392. The number of aryl methyl sites for hydroxylation is 2. The highest BCUT2D eigenvalue weighted by atomic mass is 16.5. The van der Waals surface area contributed by atoms with Crippen LogP contribution in [0.3, 0.4) is 0 Å². The first-order chi connectivity index (χ1) is 8.65. The molecule has 3 nitrogen and oxygen atoms in total. The van der Waals surface area contributed by atoms with Gasteiger partial charge in [0.2, 0.25) is 0 Å². The molecule has 1 fully saturated rings. The summed E-state index contributed by atoms with van der Waals surface area (Å²) in [5, 5.41) is 3.50. The van der Waals surface area contributed by atoms with Gasteiger partial charge in [0.25, 0.3) is 0 Å². The van der Waals surface area contributed by atoms with Crippen LogP contribution in [0.2, 0.25) is 0 Å². The van der Waals surface area contributed by atoms with Gasteiger partial charge in [0.15, 0.2) is 0 Å². The average Bonchev–Trinajstić information content (AvgIpc) is 2.32. The number of nitrogens with one attached hydrogen (secondary N) is 1. The largest absolute Gasteiger partial charge is 0.374 e. The molecule has 0 radical (unpaired) electrons. The zero-order chi connectivity index (χ0) is 13.0. The van der Waals surface area contributed by atoms with Crippen LogP contribution in [0, 0.1) is 13.8 Å². The molecule has 2 rings (SSSR count). The summed E-state index contributed by atoms with van der Waals surface area (Å²) in [4.78, 5) is 2.33. The van der Waals surface area contributed by atoms with Crippen molar-refractivity contribution in [3.8, 4) is 0 Å². The first kappa shape index (κ1) is 13.5. The predicted octanol–water partition coefficient (Wildman–Crippen LogP) is 1.72. The number of ether oxygens (including phenoxy) is 1. The van der Waals surface area contributed by atoms with Gasteiger partial charge in [-0.3, -0.25) is 0 Å². The standard InChI is InChI=1S/C15H24N2O/c1-12-4-5-14(13(2)8-12)9-16-10-15-11-17(3)6-7-18-15/h4-5,8,15-16H,6-7,9-11H2,1-3H3/t15-/m1/s1. The van der Waals surface area contributed by atoms with Gasteiger partial charge in [-0.05, 0) is 32.0 Å². The Kier molecular flexibility index (Phi) is 4.75. The van der Waals surface area contributed by atoms with Gasteiger partial charge in [-0.25, -0.2) is 0 Å². The highest BCUT2D eigenvalue weighted by Crippen LogP contribution is 2.10. The van der Waals surface area contributed by atoms with E-state index >= 15 is 0 Å². The summed E-state index contributed by atoms with van der Waals surface area (Å²) in [5.74, 6) is 0. The number of hydrogen-bond acceptors (Lipinski definition) is 3. The Morgan fingerprint density at radius 3 is 2.94 bits per heavy atom. The molecule has 1 atom stereocenters. The molecule has 1 heterocycles. The van der Waals surface area contributed by atoms with Crippen LogP contribution in [0.15, 0.2) is 18.2 Å². The summed E-state index contributed by atoms with van der Waals surface area (Å²) in [7, 11) is 2.15. The van der Waals surface area contributed by atoms with Crippen molar-refractivity contribution in [2.45, 2.75) is 26.5 Å². The quantitative estimate of drug-likeness (QED) is 0.878. The van der Waals surface area contributed by atoms with Gasteiger partial charge in [-0.15, -0.1) is 0 Å². The molecule has 1 saturated heterocycles. The predicted molar refractivity (Wildman–Crippen MR) is 74.9 cm³/mol. The molecule has 1 aromatic rings. The number of benzene rings is 1. The molecule has 0 spiro atoms. The van der Waals surface area contributed by atoms with E-state index in [1.54, 1.807) is 0 Å². The van der Waals surface area contributed by atoms with Crippen molar-refractivity contribution in [3.63, 3.8) is 0 Å². The summed E-state index contributed by atoms with van der Waals surface area (Å²) in [6.45, 7) is 9.10. The van der Waals surface area contributed by atoms with E-state index in [2.05, 4.69) is 49.3 Å². The Hall–Kier alpha value is -0.900. The highest BCUT2D eigenvalue weighted by Gasteiger charge is 2.16. The van der Waals surface area contributed by atoms with E-state index in [1.165, 1.54) is 16.7 Å². The fourth-order valence-electron chi connectivity index (χ4n) is 2.40. The SMILES string of the molecule is Cc1ccc(CNC[C@@H]2CN(C)CCO2)c(C)c1. The molecule has 0 bridgehead atoms. The topological polar surface area (TPSA) is 24.5 Å². The number of nitrogens with zero attached hydrogens (tertiary/aromatic N) is 1. The van der Waals surface area contributed by atoms with Crippen molar-refractivity contribution >= 4 is 0 Å². The van der Waals surface area contributed by atoms with Gasteiger partial charge in [0.1, 0.15) is 0 Å². The van der Waals surface area contributed by atoms with Crippen molar-refractivity contribution in [2.24, 2.45) is 0 Å².